The SMILES string of the molecule is CCCCC1CCC2CC(c3cc(F)c4c(F)cccc4c3)CCC2C1. The van der Waals surface area contributed by atoms with Crippen molar-refractivity contribution in [2.45, 2.75) is 70.6 Å². The smallest absolute Gasteiger partial charge is 0.134 e. The summed E-state index contributed by atoms with van der Waals surface area (Å²) < 4.78 is 28.5. The van der Waals surface area contributed by atoms with Gasteiger partial charge >= 0.3 is 0 Å². The van der Waals surface area contributed by atoms with Gasteiger partial charge in [-0.3, -0.25) is 0 Å². The quantitative estimate of drug-likeness (QED) is 0.529. The molecule has 0 saturated heterocycles. The van der Waals surface area contributed by atoms with Crippen molar-refractivity contribution < 1.29 is 8.78 Å². The van der Waals surface area contributed by atoms with Gasteiger partial charge < -0.3 is 0 Å². The molecule has 0 amide bonds. The van der Waals surface area contributed by atoms with E-state index in [1.807, 2.05) is 12.1 Å². The molecule has 0 bridgehead atoms. The van der Waals surface area contributed by atoms with E-state index in [2.05, 4.69) is 6.92 Å². The fraction of sp³-hybridized carbons (Fsp3) is 0.583. The zero-order valence-electron chi connectivity index (χ0n) is 15.8. The van der Waals surface area contributed by atoms with Crippen LogP contribution < -0.4 is 0 Å². The minimum Gasteiger partial charge on any atom is -0.206 e. The Kier molecular flexibility index (Phi) is 5.29. The van der Waals surface area contributed by atoms with Crippen LogP contribution in [0, 0.1) is 29.4 Å². The molecule has 26 heavy (non-hydrogen) atoms. The van der Waals surface area contributed by atoms with E-state index in [4.69, 9.17) is 0 Å². The van der Waals surface area contributed by atoms with E-state index in [-0.39, 0.29) is 5.39 Å². The third kappa shape index (κ3) is 3.52. The molecule has 2 saturated carbocycles. The third-order valence-electron chi connectivity index (χ3n) is 7.06. The standard InChI is InChI=1S/C24H30F2/c1-2-3-5-16-8-9-18-13-19(11-10-17(18)12-16)21-14-20-6-4-7-22(25)24(20)23(26)15-21/h4,6-7,14-19H,2-3,5,8-13H2,1H3. The predicted octanol–water partition coefficient (Wildman–Crippen LogP) is 7.61. The summed E-state index contributed by atoms with van der Waals surface area (Å²) in [5.74, 6) is 2.20. The van der Waals surface area contributed by atoms with Gasteiger partial charge in [0, 0.05) is 0 Å². The summed E-state index contributed by atoms with van der Waals surface area (Å²) >= 11 is 0. The Morgan fingerprint density at radius 2 is 1.73 bits per heavy atom. The van der Waals surface area contributed by atoms with Crippen LogP contribution in [0.1, 0.15) is 76.2 Å². The van der Waals surface area contributed by atoms with Crippen LogP contribution in [0.3, 0.4) is 0 Å². The van der Waals surface area contributed by atoms with Crippen LogP contribution in [0.5, 0.6) is 0 Å². The second-order valence-electron chi connectivity index (χ2n) is 8.69. The molecule has 4 atom stereocenters. The maximum absolute atomic E-state index is 14.5. The minimum absolute atomic E-state index is 0.140. The van der Waals surface area contributed by atoms with Crippen LogP contribution in [0.25, 0.3) is 10.8 Å². The normalized spacial score (nSPS) is 28.9. The Morgan fingerprint density at radius 1 is 0.923 bits per heavy atom. The highest BCUT2D eigenvalue weighted by molar-refractivity contribution is 5.84. The predicted molar refractivity (Wildman–Crippen MR) is 104 cm³/mol. The van der Waals surface area contributed by atoms with E-state index < -0.39 is 11.6 Å². The molecule has 0 spiro atoms. The van der Waals surface area contributed by atoms with Crippen LogP contribution in [-0.4, -0.2) is 0 Å². The third-order valence-corrected chi connectivity index (χ3v) is 7.06. The first-order chi connectivity index (χ1) is 12.7. The Morgan fingerprint density at radius 3 is 2.58 bits per heavy atom. The summed E-state index contributed by atoms with van der Waals surface area (Å²) in [6, 6.07) is 8.47. The summed E-state index contributed by atoms with van der Waals surface area (Å²) in [7, 11) is 0. The molecule has 0 heterocycles. The first-order valence-electron chi connectivity index (χ1n) is 10.5. The average Bonchev–Trinajstić information content (AvgIpc) is 2.65. The molecular formula is C24H30F2. The molecule has 2 aliphatic carbocycles. The van der Waals surface area contributed by atoms with Gasteiger partial charge in [-0.1, -0.05) is 50.8 Å². The number of halogens is 2. The van der Waals surface area contributed by atoms with Gasteiger partial charge in [0.2, 0.25) is 0 Å². The van der Waals surface area contributed by atoms with E-state index in [0.717, 1.165) is 29.7 Å². The first kappa shape index (κ1) is 17.9. The summed E-state index contributed by atoms with van der Waals surface area (Å²) in [6.07, 6.45) is 11.8. The van der Waals surface area contributed by atoms with Gasteiger partial charge in [-0.05, 0) is 78.9 Å². The van der Waals surface area contributed by atoms with Crippen LogP contribution in [0.15, 0.2) is 30.3 Å². The lowest BCUT2D eigenvalue weighted by molar-refractivity contribution is 0.113. The Hall–Kier alpha value is -1.44. The molecule has 140 valence electrons. The lowest BCUT2D eigenvalue weighted by Crippen LogP contribution is -2.30. The maximum atomic E-state index is 14.5. The number of unbranched alkanes of at least 4 members (excludes halogenated alkanes) is 1. The number of rotatable bonds is 4. The molecule has 0 N–H and O–H groups in total. The van der Waals surface area contributed by atoms with Crippen molar-refractivity contribution in [2.75, 3.05) is 0 Å². The molecule has 2 aromatic carbocycles. The monoisotopic (exact) mass is 356 g/mol. The Balaban J connectivity index is 1.49. The maximum Gasteiger partial charge on any atom is 0.134 e. The second-order valence-corrected chi connectivity index (χ2v) is 8.69. The molecular weight excluding hydrogens is 326 g/mol. The highest BCUT2D eigenvalue weighted by atomic mass is 19.1. The summed E-state index contributed by atoms with van der Waals surface area (Å²) in [5, 5.41) is 0.840. The zero-order chi connectivity index (χ0) is 18.1. The van der Waals surface area contributed by atoms with Gasteiger partial charge in [-0.2, -0.15) is 0 Å². The Labute approximate surface area is 156 Å². The van der Waals surface area contributed by atoms with Crippen molar-refractivity contribution in [3.63, 3.8) is 0 Å². The van der Waals surface area contributed by atoms with Gasteiger partial charge in [-0.15, -0.1) is 0 Å². The minimum atomic E-state index is -0.458. The molecule has 4 rings (SSSR count). The molecule has 2 heteroatoms. The highest BCUT2D eigenvalue weighted by Crippen LogP contribution is 2.48. The van der Waals surface area contributed by atoms with Gasteiger partial charge in [0.05, 0.1) is 5.39 Å². The van der Waals surface area contributed by atoms with E-state index >= 15 is 0 Å². The lowest BCUT2D eigenvalue weighted by atomic mass is 9.63. The average molecular weight is 357 g/mol. The molecule has 0 radical (unpaired) electrons. The van der Waals surface area contributed by atoms with Gasteiger partial charge in [-0.25, -0.2) is 8.78 Å². The van der Waals surface area contributed by atoms with E-state index in [1.54, 1.807) is 12.1 Å². The van der Waals surface area contributed by atoms with Crippen molar-refractivity contribution in [1.29, 1.82) is 0 Å². The van der Waals surface area contributed by atoms with Crippen LogP contribution >= 0.6 is 0 Å². The highest BCUT2D eigenvalue weighted by Gasteiger charge is 2.36. The first-order valence-corrected chi connectivity index (χ1v) is 10.5. The summed E-state index contributed by atoms with van der Waals surface area (Å²) in [4.78, 5) is 0. The molecule has 0 aliphatic heterocycles. The number of hydrogen-bond acceptors (Lipinski definition) is 0. The van der Waals surface area contributed by atoms with Crippen molar-refractivity contribution >= 4 is 10.8 Å². The molecule has 4 unspecified atom stereocenters. The topological polar surface area (TPSA) is 0 Å². The number of hydrogen-bond donors (Lipinski definition) is 0. The van der Waals surface area contributed by atoms with Gasteiger partial charge in [0.15, 0.2) is 0 Å². The van der Waals surface area contributed by atoms with E-state index in [0.29, 0.717) is 11.3 Å². The number of benzene rings is 2. The van der Waals surface area contributed by atoms with Crippen LogP contribution in [0.2, 0.25) is 0 Å². The Bertz CT molecular complexity index is 766. The fourth-order valence-corrected chi connectivity index (χ4v) is 5.63. The largest absolute Gasteiger partial charge is 0.206 e. The zero-order valence-corrected chi connectivity index (χ0v) is 15.8. The summed E-state index contributed by atoms with van der Waals surface area (Å²) in [6.45, 7) is 2.28. The van der Waals surface area contributed by atoms with Gasteiger partial charge in [0.25, 0.3) is 0 Å². The van der Waals surface area contributed by atoms with E-state index in [1.165, 1.54) is 57.4 Å². The van der Waals surface area contributed by atoms with Crippen LogP contribution in [-0.2, 0) is 0 Å². The van der Waals surface area contributed by atoms with Crippen molar-refractivity contribution in [3.8, 4) is 0 Å². The molecule has 2 aliphatic rings. The molecule has 2 fully saturated rings. The fourth-order valence-electron chi connectivity index (χ4n) is 5.63. The second kappa shape index (κ2) is 7.66. The van der Waals surface area contributed by atoms with Crippen LogP contribution in [0.4, 0.5) is 8.78 Å². The summed E-state index contributed by atoms with van der Waals surface area (Å²) in [5.41, 5.74) is 1.08. The van der Waals surface area contributed by atoms with Crippen molar-refractivity contribution in [1.82, 2.24) is 0 Å². The van der Waals surface area contributed by atoms with Gasteiger partial charge in [0.1, 0.15) is 11.6 Å². The number of fused-ring (bicyclic) bond motifs is 2. The molecule has 0 aromatic heterocycles. The molecule has 0 nitrogen and oxygen atoms in total. The molecule has 2 aromatic rings. The van der Waals surface area contributed by atoms with E-state index in [9.17, 15) is 8.78 Å². The van der Waals surface area contributed by atoms with Crippen molar-refractivity contribution in [2.24, 2.45) is 17.8 Å². The lowest BCUT2D eigenvalue weighted by Gasteiger charge is -2.42. The van der Waals surface area contributed by atoms with Crippen molar-refractivity contribution in [3.05, 3.63) is 47.5 Å².